The van der Waals surface area contributed by atoms with Gasteiger partial charge >= 0.3 is 5.97 Å². The highest BCUT2D eigenvalue weighted by Gasteiger charge is 2.30. The second-order valence-electron chi connectivity index (χ2n) is 11.7. The number of anilines is 3. The largest absolute Gasteiger partial charge is 0.492 e. The van der Waals surface area contributed by atoms with Crippen LogP contribution < -0.4 is 19.3 Å². The number of rotatable bonds is 12. The highest BCUT2D eigenvalue weighted by molar-refractivity contribution is 7.93. The molecule has 0 radical (unpaired) electrons. The van der Waals surface area contributed by atoms with Gasteiger partial charge in [-0.25, -0.2) is 13.2 Å². The number of benzene rings is 3. The molecule has 1 amide bonds. The van der Waals surface area contributed by atoms with Gasteiger partial charge in [-0.15, -0.1) is 11.3 Å². The summed E-state index contributed by atoms with van der Waals surface area (Å²) in [7, 11) is -1.43. The van der Waals surface area contributed by atoms with Crippen molar-refractivity contribution in [2.75, 3.05) is 94.4 Å². The van der Waals surface area contributed by atoms with Crippen LogP contribution in [0.1, 0.15) is 20.0 Å². The third kappa shape index (κ3) is 8.28. The van der Waals surface area contributed by atoms with Crippen LogP contribution in [0.2, 0.25) is 0 Å². The highest BCUT2D eigenvalue weighted by atomic mass is 32.2. The molecule has 2 fully saturated rings. The average molecular weight is 721 g/mol. The third-order valence-electron chi connectivity index (χ3n) is 8.61. The molecule has 1 aromatic heterocycles. The van der Waals surface area contributed by atoms with Gasteiger partial charge in [0.05, 0.1) is 54.5 Å². The minimum absolute atomic E-state index is 0.00432. The minimum atomic E-state index is -4.15. The molecule has 0 bridgehead atoms. The van der Waals surface area contributed by atoms with Gasteiger partial charge in [-0.1, -0.05) is 12.1 Å². The lowest BCUT2D eigenvalue weighted by atomic mass is 10.1. The molecule has 0 atom stereocenters. The second kappa shape index (κ2) is 16.0. The number of thiophene rings is 1. The molecular weight excluding hydrogens is 681 g/mol. The zero-order chi connectivity index (χ0) is 35.1. The lowest BCUT2D eigenvalue weighted by molar-refractivity contribution is 0.0322. The SMILES string of the molecule is COC(=O)c1ccc(N(C)S(=O)(=O)c2cc(C(=O)Nc3ccc(OCCN4CCOCC4)cc3)sc2-c2ccc(N3CCOCC3)cc2)cc1. The van der Waals surface area contributed by atoms with Crippen LogP contribution in [-0.4, -0.2) is 105 Å². The first-order valence-corrected chi connectivity index (χ1v) is 18.6. The van der Waals surface area contributed by atoms with E-state index in [2.05, 4.69) is 15.1 Å². The first-order valence-electron chi connectivity index (χ1n) is 16.3. The molecule has 0 unspecified atom stereocenters. The number of nitrogens with zero attached hydrogens (tertiary/aromatic N) is 3. The second-order valence-corrected chi connectivity index (χ2v) is 14.7. The van der Waals surface area contributed by atoms with Gasteiger partial charge in [0.15, 0.2) is 0 Å². The summed E-state index contributed by atoms with van der Waals surface area (Å²) in [6.07, 6.45) is 0. The van der Waals surface area contributed by atoms with Crippen LogP contribution in [0.15, 0.2) is 83.8 Å². The van der Waals surface area contributed by atoms with Crippen molar-refractivity contribution in [3.63, 3.8) is 0 Å². The zero-order valence-electron chi connectivity index (χ0n) is 28.0. The summed E-state index contributed by atoms with van der Waals surface area (Å²) in [5.74, 6) is -0.274. The van der Waals surface area contributed by atoms with Crippen LogP contribution in [0.25, 0.3) is 10.4 Å². The molecule has 1 N–H and O–H groups in total. The Balaban J connectivity index is 1.23. The van der Waals surface area contributed by atoms with Gasteiger partial charge in [0.1, 0.15) is 17.3 Å². The van der Waals surface area contributed by atoms with E-state index in [1.807, 2.05) is 24.3 Å². The Bertz CT molecular complexity index is 1870. The molecule has 3 aromatic carbocycles. The van der Waals surface area contributed by atoms with Crippen LogP contribution in [-0.2, 0) is 24.2 Å². The Kier molecular flexibility index (Phi) is 11.3. The number of sulfonamides is 1. The standard InChI is InChI=1S/C36H40N4O8S2/c1-38(29-9-5-27(6-10-29)36(42)45-2)50(43,44)33-25-32(49-34(33)26-3-11-30(12-4-26)40-18-22-47-23-19-40)35(41)37-28-7-13-31(14-8-28)48-24-17-39-15-20-46-21-16-39/h3-14,25H,15-24H2,1-2H3,(H,37,41). The lowest BCUT2D eigenvalue weighted by Crippen LogP contribution is -2.38. The van der Waals surface area contributed by atoms with E-state index in [-0.39, 0.29) is 9.77 Å². The van der Waals surface area contributed by atoms with E-state index >= 15 is 0 Å². The summed E-state index contributed by atoms with van der Waals surface area (Å²) >= 11 is 1.11. The smallest absolute Gasteiger partial charge is 0.337 e. The molecule has 2 aliphatic heterocycles. The Labute approximate surface area is 296 Å². The fraction of sp³-hybridized carbons (Fsp3) is 0.333. The van der Waals surface area contributed by atoms with Crippen molar-refractivity contribution in [2.24, 2.45) is 0 Å². The van der Waals surface area contributed by atoms with Gasteiger partial charge < -0.3 is 29.2 Å². The molecule has 12 nitrogen and oxygen atoms in total. The Morgan fingerprint density at radius 2 is 1.52 bits per heavy atom. The predicted octanol–water partition coefficient (Wildman–Crippen LogP) is 4.83. The molecule has 0 saturated carbocycles. The molecule has 2 aliphatic rings. The van der Waals surface area contributed by atoms with Crippen LogP contribution in [0.5, 0.6) is 5.75 Å². The van der Waals surface area contributed by atoms with E-state index in [1.54, 1.807) is 24.3 Å². The van der Waals surface area contributed by atoms with E-state index in [0.717, 1.165) is 67.3 Å². The topological polar surface area (TPSA) is 127 Å². The van der Waals surface area contributed by atoms with E-state index < -0.39 is 21.9 Å². The van der Waals surface area contributed by atoms with Crippen LogP contribution in [0.4, 0.5) is 17.1 Å². The summed E-state index contributed by atoms with van der Waals surface area (Å²) in [5, 5.41) is 2.90. The minimum Gasteiger partial charge on any atom is -0.492 e. The van der Waals surface area contributed by atoms with Crippen molar-refractivity contribution in [3.8, 4) is 16.2 Å². The van der Waals surface area contributed by atoms with Gasteiger partial charge in [-0.3, -0.25) is 14.0 Å². The number of hydrogen-bond acceptors (Lipinski definition) is 11. The molecule has 0 spiro atoms. The molecule has 264 valence electrons. The normalized spacial score (nSPS) is 15.4. The molecule has 50 heavy (non-hydrogen) atoms. The Morgan fingerprint density at radius 1 is 0.880 bits per heavy atom. The predicted molar refractivity (Wildman–Crippen MR) is 193 cm³/mol. The van der Waals surface area contributed by atoms with Crippen molar-refractivity contribution in [3.05, 3.63) is 89.3 Å². The fourth-order valence-corrected chi connectivity index (χ4v) is 8.46. The first kappa shape index (κ1) is 35.4. The van der Waals surface area contributed by atoms with Crippen molar-refractivity contribution in [1.82, 2.24) is 4.90 Å². The highest BCUT2D eigenvalue weighted by Crippen LogP contribution is 2.39. The molecule has 3 heterocycles. The maximum Gasteiger partial charge on any atom is 0.337 e. The summed E-state index contributed by atoms with van der Waals surface area (Å²) in [6, 6.07) is 22.3. The van der Waals surface area contributed by atoms with Crippen molar-refractivity contribution >= 4 is 50.3 Å². The molecule has 4 aromatic rings. The maximum atomic E-state index is 14.2. The van der Waals surface area contributed by atoms with Gasteiger partial charge in [-0.05, 0) is 72.3 Å². The molecule has 0 aliphatic carbocycles. The van der Waals surface area contributed by atoms with E-state index in [1.165, 1.54) is 44.5 Å². The number of carbonyl (C=O) groups excluding carboxylic acids is 2. The van der Waals surface area contributed by atoms with Gasteiger partial charge in [0, 0.05) is 51.1 Å². The van der Waals surface area contributed by atoms with Crippen molar-refractivity contribution < 1.29 is 37.0 Å². The Hall–Kier alpha value is -4.47. The summed E-state index contributed by atoms with van der Waals surface area (Å²) in [5.41, 5.74) is 2.86. The number of hydrogen-bond donors (Lipinski definition) is 1. The zero-order valence-corrected chi connectivity index (χ0v) is 29.6. The van der Waals surface area contributed by atoms with Gasteiger partial charge in [-0.2, -0.15) is 0 Å². The first-order chi connectivity index (χ1) is 24.2. The lowest BCUT2D eigenvalue weighted by Gasteiger charge is -2.29. The van der Waals surface area contributed by atoms with Crippen LogP contribution in [0.3, 0.4) is 0 Å². The average Bonchev–Trinajstić information content (AvgIpc) is 3.63. The molecular formula is C36H40N4O8S2. The van der Waals surface area contributed by atoms with Gasteiger partial charge in [0.25, 0.3) is 15.9 Å². The summed E-state index contributed by atoms with van der Waals surface area (Å²) in [4.78, 5) is 30.7. The van der Waals surface area contributed by atoms with Crippen molar-refractivity contribution in [1.29, 1.82) is 0 Å². The fourth-order valence-electron chi connectivity index (χ4n) is 5.68. The van der Waals surface area contributed by atoms with E-state index in [0.29, 0.717) is 52.9 Å². The van der Waals surface area contributed by atoms with Crippen LogP contribution in [0, 0.1) is 0 Å². The number of ether oxygens (including phenoxy) is 4. The van der Waals surface area contributed by atoms with Crippen molar-refractivity contribution in [2.45, 2.75) is 4.90 Å². The molecule has 14 heteroatoms. The summed E-state index contributed by atoms with van der Waals surface area (Å²) in [6.45, 7) is 7.42. The van der Waals surface area contributed by atoms with Crippen LogP contribution >= 0.6 is 11.3 Å². The Morgan fingerprint density at radius 3 is 2.16 bits per heavy atom. The van der Waals surface area contributed by atoms with Gasteiger partial charge in [0.2, 0.25) is 0 Å². The maximum absolute atomic E-state index is 14.2. The number of morpholine rings is 2. The molecule has 6 rings (SSSR count). The third-order valence-corrected chi connectivity index (χ3v) is 11.7. The van der Waals surface area contributed by atoms with E-state index in [4.69, 9.17) is 18.9 Å². The number of esters is 1. The molecule has 2 saturated heterocycles. The number of amides is 1. The monoisotopic (exact) mass is 720 g/mol. The number of nitrogens with one attached hydrogen (secondary N) is 1. The number of carbonyl (C=O) groups is 2. The number of methoxy groups -OCH3 is 1. The quantitative estimate of drug-likeness (QED) is 0.204. The van der Waals surface area contributed by atoms with E-state index in [9.17, 15) is 18.0 Å². The summed E-state index contributed by atoms with van der Waals surface area (Å²) < 4.78 is 51.1.